The molecular formula is C19H20BrNO4. The number of nitrogens with one attached hydrogen (secondary N) is 1. The molecule has 2 aromatic rings. The van der Waals surface area contributed by atoms with E-state index in [-0.39, 0.29) is 5.91 Å². The van der Waals surface area contributed by atoms with E-state index in [0.717, 1.165) is 6.42 Å². The van der Waals surface area contributed by atoms with E-state index in [4.69, 9.17) is 9.47 Å². The summed E-state index contributed by atoms with van der Waals surface area (Å²) < 4.78 is 11.7. The van der Waals surface area contributed by atoms with Crippen LogP contribution in [0, 0.1) is 0 Å². The predicted octanol–water partition coefficient (Wildman–Crippen LogP) is 4.81. The number of carbonyl (C=O) groups is 2. The Morgan fingerprint density at radius 2 is 1.84 bits per heavy atom. The van der Waals surface area contributed by atoms with Crippen molar-refractivity contribution >= 4 is 33.5 Å². The molecule has 132 valence electrons. The van der Waals surface area contributed by atoms with Crippen LogP contribution in [0.4, 0.5) is 5.69 Å². The van der Waals surface area contributed by atoms with E-state index < -0.39 is 5.97 Å². The van der Waals surface area contributed by atoms with Crippen molar-refractivity contribution in [2.24, 2.45) is 0 Å². The Bertz CT molecular complexity index is 761. The van der Waals surface area contributed by atoms with Crippen LogP contribution in [0.15, 0.2) is 46.9 Å². The first-order valence-electron chi connectivity index (χ1n) is 8.08. The molecule has 0 fully saturated rings. The Labute approximate surface area is 155 Å². The van der Waals surface area contributed by atoms with E-state index >= 15 is 0 Å². The highest BCUT2D eigenvalue weighted by molar-refractivity contribution is 9.10. The molecule has 1 amide bonds. The molecule has 0 saturated heterocycles. The van der Waals surface area contributed by atoms with Crippen LogP contribution in [0.25, 0.3) is 0 Å². The molecule has 2 rings (SSSR count). The Hall–Kier alpha value is -2.34. The van der Waals surface area contributed by atoms with Gasteiger partial charge in [0.15, 0.2) is 5.75 Å². The van der Waals surface area contributed by atoms with Gasteiger partial charge in [0.2, 0.25) is 5.91 Å². The minimum absolute atomic E-state index is 0.149. The molecule has 0 aliphatic rings. The lowest BCUT2D eigenvalue weighted by Crippen LogP contribution is -2.13. The number of carbonyl (C=O) groups excluding carboxylic acids is 2. The third kappa shape index (κ3) is 5.32. The number of anilines is 1. The second-order valence-corrected chi connectivity index (χ2v) is 6.14. The van der Waals surface area contributed by atoms with Gasteiger partial charge in [-0.2, -0.15) is 0 Å². The molecule has 0 atom stereocenters. The number of hydrogen-bond donors (Lipinski definition) is 1. The fraction of sp³-hybridized carbons (Fsp3) is 0.263. The van der Waals surface area contributed by atoms with Crippen LogP contribution in [-0.2, 0) is 4.79 Å². The molecule has 2 aromatic carbocycles. The standard InChI is InChI=1S/C19H20BrNO4/c1-3-11-24-16-10-9-13(12-14(16)20)19(23)25-17-8-6-5-7-15(17)21-18(22)4-2/h5-10,12H,3-4,11H2,1-2H3,(H,21,22). The zero-order valence-corrected chi connectivity index (χ0v) is 15.8. The van der Waals surface area contributed by atoms with Crippen molar-refractivity contribution in [3.05, 3.63) is 52.5 Å². The van der Waals surface area contributed by atoms with E-state index in [2.05, 4.69) is 21.2 Å². The van der Waals surface area contributed by atoms with Crippen molar-refractivity contribution in [1.82, 2.24) is 0 Å². The maximum absolute atomic E-state index is 12.4. The van der Waals surface area contributed by atoms with Crippen LogP contribution >= 0.6 is 15.9 Å². The molecular weight excluding hydrogens is 386 g/mol. The molecule has 25 heavy (non-hydrogen) atoms. The van der Waals surface area contributed by atoms with Gasteiger partial charge in [-0.3, -0.25) is 4.79 Å². The molecule has 0 saturated carbocycles. The van der Waals surface area contributed by atoms with Crippen molar-refractivity contribution < 1.29 is 19.1 Å². The molecule has 5 nitrogen and oxygen atoms in total. The van der Waals surface area contributed by atoms with Crippen LogP contribution in [0.2, 0.25) is 0 Å². The molecule has 0 unspecified atom stereocenters. The van der Waals surface area contributed by atoms with Crippen molar-refractivity contribution in [2.45, 2.75) is 26.7 Å². The Morgan fingerprint density at radius 3 is 2.52 bits per heavy atom. The van der Waals surface area contributed by atoms with E-state index in [1.54, 1.807) is 49.4 Å². The van der Waals surface area contributed by atoms with Crippen LogP contribution in [0.1, 0.15) is 37.0 Å². The first-order valence-corrected chi connectivity index (χ1v) is 8.87. The van der Waals surface area contributed by atoms with Gasteiger partial charge in [0.1, 0.15) is 5.75 Å². The fourth-order valence-electron chi connectivity index (χ4n) is 2.01. The number of halogens is 1. The summed E-state index contributed by atoms with van der Waals surface area (Å²) in [5.74, 6) is 0.315. The molecule has 0 aliphatic heterocycles. The molecule has 0 aliphatic carbocycles. The second kappa shape index (κ2) is 9.22. The van der Waals surface area contributed by atoms with Gasteiger partial charge in [0.05, 0.1) is 22.3 Å². The average Bonchev–Trinajstić information content (AvgIpc) is 2.62. The first kappa shape index (κ1) is 19.0. The maximum atomic E-state index is 12.4. The summed E-state index contributed by atoms with van der Waals surface area (Å²) in [6.07, 6.45) is 1.24. The zero-order valence-electron chi connectivity index (χ0n) is 14.2. The van der Waals surface area contributed by atoms with Gasteiger partial charge in [-0.15, -0.1) is 0 Å². The van der Waals surface area contributed by atoms with Gasteiger partial charge < -0.3 is 14.8 Å². The lowest BCUT2D eigenvalue weighted by atomic mass is 10.2. The SMILES string of the molecule is CCCOc1ccc(C(=O)Oc2ccccc2NC(=O)CC)cc1Br. The smallest absolute Gasteiger partial charge is 0.343 e. The maximum Gasteiger partial charge on any atom is 0.343 e. The molecule has 6 heteroatoms. The number of esters is 1. The summed E-state index contributed by atoms with van der Waals surface area (Å²) in [5.41, 5.74) is 0.844. The van der Waals surface area contributed by atoms with Gasteiger partial charge in [0, 0.05) is 6.42 Å². The lowest BCUT2D eigenvalue weighted by Gasteiger charge is -2.12. The highest BCUT2D eigenvalue weighted by Gasteiger charge is 2.14. The van der Waals surface area contributed by atoms with Crippen LogP contribution in [0.3, 0.4) is 0 Å². The first-order chi connectivity index (χ1) is 12.0. The van der Waals surface area contributed by atoms with Crippen molar-refractivity contribution in [3.63, 3.8) is 0 Å². The van der Waals surface area contributed by atoms with Gasteiger partial charge in [-0.25, -0.2) is 4.79 Å². The number of hydrogen-bond acceptors (Lipinski definition) is 4. The normalized spacial score (nSPS) is 10.2. The van der Waals surface area contributed by atoms with E-state index in [9.17, 15) is 9.59 Å². The summed E-state index contributed by atoms with van der Waals surface area (Å²) >= 11 is 3.40. The van der Waals surface area contributed by atoms with Crippen LogP contribution in [0.5, 0.6) is 11.5 Å². The third-order valence-corrected chi connectivity index (χ3v) is 3.93. The number of ether oxygens (including phenoxy) is 2. The van der Waals surface area contributed by atoms with Gasteiger partial charge in [-0.05, 0) is 52.7 Å². The molecule has 0 radical (unpaired) electrons. The highest BCUT2D eigenvalue weighted by Crippen LogP contribution is 2.28. The van der Waals surface area contributed by atoms with E-state index in [1.165, 1.54) is 0 Å². The third-order valence-electron chi connectivity index (χ3n) is 3.31. The lowest BCUT2D eigenvalue weighted by molar-refractivity contribution is -0.115. The van der Waals surface area contributed by atoms with Gasteiger partial charge in [0.25, 0.3) is 0 Å². The average molecular weight is 406 g/mol. The monoisotopic (exact) mass is 405 g/mol. The summed E-state index contributed by atoms with van der Waals surface area (Å²) in [4.78, 5) is 24.0. The Morgan fingerprint density at radius 1 is 1.08 bits per heavy atom. The van der Waals surface area contributed by atoms with Crippen molar-refractivity contribution in [3.8, 4) is 11.5 Å². The number of rotatable bonds is 7. The number of benzene rings is 2. The van der Waals surface area contributed by atoms with Crippen LogP contribution in [-0.4, -0.2) is 18.5 Å². The van der Waals surface area contributed by atoms with Gasteiger partial charge in [-0.1, -0.05) is 26.0 Å². The zero-order chi connectivity index (χ0) is 18.2. The van der Waals surface area contributed by atoms with Gasteiger partial charge >= 0.3 is 5.97 Å². The highest BCUT2D eigenvalue weighted by atomic mass is 79.9. The van der Waals surface area contributed by atoms with E-state index in [1.807, 2.05) is 6.92 Å². The largest absolute Gasteiger partial charge is 0.492 e. The molecule has 0 bridgehead atoms. The molecule has 0 heterocycles. The molecule has 0 spiro atoms. The Balaban J connectivity index is 2.15. The predicted molar refractivity (Wildman–Crippen MR) is 100 cm³/mol. The summed E-state index contributed by atoms with van der Waals surface area (Å²) in [5, 5.41) is 2.72. The van der Waals surface area contributed by atoms with Crippen LogP contribution < -0.4 is 14.8 Å². The number of amides is 1. The van der Waals surface area contributed by atoms with Crippen molar-refractivity contribution in [1.29, 1.82) is 0 Å². The molecule has 0 aromatic heterocycles. The summed E-state index contributed by atoms with van der Waals surface area (Å²) in [7, 11) is 0. The summed E-state index contributed by atoms with van der Waals surface area (Å²) in [6.45, 7) is 4.38. The summed E-state index contributed by atoms with van der Waals surface area (Å²) in [6, 6.07) is 11.8. The quantitative estimate of drug-likeness (QED) is 0.530. The molecule has 1 N–H and O–H groups in total. The Kier molecular flexibility index (Phi) is 7.01. The van der Waals surface area contributed by atoms with E-state index in [0.29, 0.717) is 40.3 Å². The number of para-hydroxylation sites is 2. The minimum atomic E-state index is -0.513. The van der Waals surface area contributed by atoms with Crippen molar-refractivity contribution in [2.75, 3.05) is 11.9 Å². The topological polar surface area (TPSA) is 64.6 Å². The minimum Gasteiger partial charge on any atom is -0.492 e. The fourth-order valence-corrected chi connectivity index (χ4v) is 2.51. The second-order valence-electron chi connectivity index (χ2n) is 5.28.